The Bertz CT molecular complexity index is 3150. The summed E-state index contributed by atoms with van der Waals surface area (Å²) in [6.07, 6.45) is 3.93. The zero-order valence-electron chi connectivity index (χ0n) is 42.8. The first kappa shape index (κ1) is 54.4. The largest absolute Gasteiger partial charge is 0.497 e. The van der Waals surface area contributed by atoms with Crippen molar-refractivity contribution in [3.63, 3.8) is 0 Å². The van der Waals surface area contributed by atoms with Crippen LogP contribution < -0.4 is 39.6 Å². The van der Waals surface area contributed by atoms with Gasteiger partial charge in [-0.15, -0.1) is 0 Å². The number of carbonyl (C=O) groups is 3. The monoisotopic (exact) mass is 1020 g/mol. The number of nitrogens with zero attached hydrogens (tertiary/aromatic N) is 1. The highest BCUT2D eigenvalue weighted by molar-refractivity contribution is 6.32. The Morgan fingerprint density at radius 2 is 1.37 bits per heavy atom. The average molecular weight is 1030 g/mol. The van der Waals surface area contributed by atoms with Gasteiger partial charge in [-0.05, 0) is 132 Å². The lowest BCUT2D eigenvalue weighted by Gasteiger charge is -2.26. The molecule has 0 aliphatic heterocycles. The molecule has 0 aliphatic rings. The molecule has 7 aromatic carbocycles. The first-order valence-corrected chi connectivity index (χ1v) is 25.0. The highest BCUT2D eigenvalue weighted by atomic mass is 35.5. The van der Waals surface area contributed by atoms with E-state index in [1.807, 2.05) is 78.9 Å². The Hall–Kier alpha value is -8.37. The predicted molar refractivity (Wildman–Crippen MR) is 293 cm³/mol. The van der Waals surface area contributed by atoms with E-state index in [4.69, 9.17) is 35.3 Å². The number of benzene rings is 7. The lowest BCUT2D eigenvalue weighted by atomic mass is 9.97. The molecule has 2 amide bonds. The highest BCUT2D eigenvalue weighted by Crippen LogP contribution is 2.36. The summed E-state index contributed by atoms with van der Waals surface area (Å²) in [6.45, 7) is 7.32. The van der Waals surface area contributed by atoms with Crippen LogP contribution in [0.3, 0.4) is 0 Å². The number of nitrogens with one attached hydrogen (secondary N) is 3. The van der Waals surface area contributed by atoms with Crippen LogP contribution in [0.1, 0.15) is 81.6 Å². The van der Waals surface area contributed by atoms with Crippen molar-refractivity contribution >= 4 is 35.3 Å². The van der Waals surface area contributed by atoms with E-state index >= 15 is 0 Å². The molecular weight excluding hydrogens is 964 g/mol. The second-order valence-electron chi connectivity index (χ2n) is 18.3. The lowest BCUT2D eigenvalue weighted by Crippen LogP contribution is -2.52. The molecule has 0 saturated carbocycles. The van der Waals surface area contributed by atoms with Gasteiger partial charge in [0.05, 0.1) is 36.4 Å². The van der Waals surface area contributed by atoms with Crippen LogP contribution in [0, 0.1) is 18.3 Å². The zero-order chi connectivity index (χ0) is 53.2. The van der Waals surface area contributed by atoms with Crippen LogP contribution in [0.4, 0.5) is 0 Å². The van der Waals surface area contributed by atoms with E-state index in [0.29, 0.717) is 76.6 Å². The number of carbonyl (C=O) groups excluding carboxylic acids is 3. The Labute approximate surface area is 444 Å². The smallest absolute Gasteiger partial charge is 0.239 e. The van der Waals surface area contributed by atoms with Gasteiger partial charge >= 0.3 is 0 Å². The molecule has 0 bridgehead atoms. The average Bonchev–Trinajstić information content (AvgIpc) is 3.44. The molecule has 0 radical (unpaired) electrons. The number of methoxy groups -OCH3 is 2. The number of halogens is 1. The molecule has 0 unspecified atom stereocenters. The summed E-state index contributed by atoms with van der Waals surface area (Å²) in [6, 6.07) is 49.5. The fraction of sp³-hybridized carbons (Fsp3) is 0.226. The van der Waals surface area contributed by atoms with Gasteiger partial charge in [-0.2, -0.15) is 5.26 Å². The van der Waals surface area contributed by atoms with Gasteiger partial charge in [0.1, 0.15) is 37.1 Å². The van der Waals surface area contributed by atoms with Gasteiger partial charge < -0.3 is 34.3 Å². The number of amides is 2. The van der Waals surface area contributed by atoms with Crippen LogP contribution in [0.5, 0.6) is 28.7 Å². The van der Waals surface area contributed by atoms with Crippen molar-refractivity contribution in [3.05, 3.63) is 213 Å². The molecule has 384 valence electrons. The predicted octanol–water partition coefficient (Wildman–Crippen LogP) is 11.9. The molecule has 0 aromatic heterocycles. The number of ether oxygens (including phenoxy) is 5. The maximum absolute atomic E-state index is 13.5. The van der Waals surface area contributed by atoms with E-state index in [-0.39, 0.29) is 43.8 Å². The summed E-state index contributed by atoms with van der Waals surface area (Å²) in [5.74, 6) is 2.25. The van der Waals surface area contributed by atoms with Gasteiger partial charge in [-0.25, -0.2) is 0 Å². The van der Waals surface area contributed by atoms with Gasteiger partial charge in [0.2, 0.25) is 11.8 Å². The number of rotatable bonds is 25. The summed E-state index contributed by atoms with van der Waals surface area (Å²) in [5.41, 5.74) is 8.63. The van der Waals surface area contributed by atoms with Crippen LogP contribution in [0.25, 0.3) is 17.2 Å². The summed E-state index contributed by atoms with van der Waals surface area (Å²) >= 11 is 6.88. The van der Waals surface area contributed by atoms with Crippen LogP contribution in [0.2, 0.25) is 5.02 Å². The van der Waals surface area contributed by atoms with Crippen molar-refractivity contribution in [3.8, 4) is 45.9 Å². The van der Waals surface area contributed by atoms with E-state index in [2.05, 4.69) is 47.1 Å². The van der Waals surface area contributed by atoms with Gasteiger partial charge in [-0.1, -0.05) is 109 Å². The third kappa shape index (κ3) is 15.6. The van der Waals surface area contributed by atoms with Crippen molar-refractivity contribution in [1.82, 2.24) is 16.0 Å². The molecule has 7 aromatic rings. The summed E-state index contributed by atoms with van der Waals surface area (Å²) < 4.78 is 29.5. The maximum Gasteiger partial charge on any atom is 0.239 e. The third-order valence-electron chi connectivity index (χ3n) is 12.5. The Morgan fingerprint density at radius 3 is 2.12 bits per heavy atom. The number of nitriles is 1. The van der Waals surface area contributed by atoms with Crippen molar-refractivity contribution < 1.29 is 38.1 Å². The minimum atomic E-state index is -1.00. The topological polar surface area (TPSA) is 157 Å². The number of hydrogen-bond donors (Lipinski definition) is 3. The van der Waals surface area contributed by atoms with Gasteiger partial charge in [0.25, 0.3) is 0 Å². The first-order valence-electron chi connectivity index (χ1n) is 24.6. The van der Waals surface area contributed by atoms with Crippen LogP contribution in [-0.2, 0) is 42.5 Å². The van der Waals surface area contributed by atoms with Gasteiger partial charge in [0, 0.05) is 43.2 Å². The number of hydrogen-bond acceptors (Lipinski definition) is 10. The maximum atomic E-state index is 13.5. The number of allylic oxidation sites excluding steroid dienone is 1. The van der Waals surface area contributed by atoms with E-state index in [1.165, 1.54) is 6.08 Å². The van der Waals surface area contributed by atoms with Gasteiger partial charge in [-0.3, -0.25) is 19.7 Å². The molecule has 0 atom stereocenters. The van der Waals surface area contributed by atoms with Crippen LogP contribution in [-0.4, -0.2) is 43.9 Å². The van der Waals surface area contributed by atoms with E-state index in [0.717, 1.165) is 44.5 Å². The molecule has 0 spiro atoms. The minimum Gasteiger partial charge on any atom is -0.497 e. The molecule has 0 heterocycles. The standard InChI is InChI=1S/C62H61ClN4O8/c1-42-50(16-10-17-53(42)48-14-7-6-8-15-48)41-75-58-35-57(74-40-47-13-9-12-46(32-47)36-64)51(34-54(58)63)38-67-62(2,3)61(70)65-31-11-18-60(69)66-37-44-19-21-45(22-20-44)39-73-56-30-24-43(33-59(56)72-5)23-29-55(68)49-25-27-52(71-4)28-26-49/h6-10,12-17,19-30,32-35,67H,11,18,31,37-41H2,1-5H3,(H,65,70)(H,66,69)/b29-23+. The Kier molecular flexibility index (Phi) is 19.3. The van der Waals surface area contributed by atoms with E-state index in [1.54, 1.807) is 88.7 Å². The molecule has 3 N–H and O–H groups in total. The fourth-order valence-electron chi connectivity index (χ4n) is 7.98. The quantitative estimate of drug-likeness (QED) is 0.0286. The molecule has 0 fully saturated rings. The third-order valence-corrected chi connectivity index (χ3v) is 12.8. The highest BCUT2D eigenvalue weighted by Gasteiger charge is 2.27. The van der Waals surface area contributed by atoms with E-state index < -0.39 is 5.54 Å². The van der Waals surface area contributed by atoms with Crippen molar-refractivity contribution in [2.24, 2.45) is 0 Å². The van der Waals surface area contributed by atoms with Gasteiger partial charge in [0.15, 0.2) is 17.3 Å². The second-order valence-corrected chi connectivity index (χ2v) is 18.7. The first-order chi connectivity index (χ1) is 36.3. The van der Waals surface area contributed by atoms with Crippen LogP contribution in [0.15, 0.2) is 158 Å². The Morgan fingerprint density at radius 1 is 0.653 bits per heavy atom. The zero-order valence-corrected chi connectivity index (χ0v) is 43.6. The molecule has 12 nitrogen and oxygen atoms in total. The molecule has 75 heavy (non-hydrogen) atoms. The summed E-state index contributed by atoms with van der Waals surface area (Å²) in [7, 11) is 3.15. The molecule has 13 heteroatoms. The Balaban J connectivity index is 0.858. The minimum absolute atomic E-state index is 0.127. The molecule has 0 aliphatic carbocycles. The van der Waals surface area contributed by atoms with Crippen molar-refractivity contribution in [1.29, 1.82) is 5.26 Å². The van der Waals surface area contributed by atoms with E-state index in [9.17, 15) is 19.6 Å². The molecule has 7 rings (SSSR count). The number of ketones is 1. The van der Waals surface area contributed by atoms with Crippen LogP contribution >= 0.6 is 11.6 Å². The summed E-state index contributed by atoms with van der Waals surface area (Å²) in [4.78, 5) is 38.9. The SMILES string of the molecule is COc1ccc(C(=O)/C=C/c2ccc(OCc3ccc(CNC(=O)CCCNC(=O)C(C)(C)NCc4cc(Cl)c(OCc5cccc(-c6ccccc6)c5C)cc4OCc4cccc(C#N)c4)cc3)c(OC)c2)cc1. The molecular formula is C62H61ClN4O8. The fourth-order valence-corrected chi connectivity index (χ4v) is 8.22. The lowest BCUT2D eigenvalue weighted by molar-refractivity contribution is -0.127. The van der Waals surface area contributed by atoms with Crippen molar-refractivity contribution in [2.75, 3.05) is 20.8 Å². The molecule has 0 saturated heterocycles. The normalized spacial score (nSPS) is 11.1. The summed E-state index contributed by atoms with van der Waals surface area (Å²) in [5, 5.41) is 19.1. The van der Waals surface area contributed by atoms with Crippen molar-refractivity contribution in [2.45, 2.75) is 72.1 Å². The second kappa shape index (κ2) is 26.5.